The molecule has 0 aromatic heterocycles. The SMILES string of the molecule is CC(C)NCC(C(C)C)N1CCC(C(C)C)C1. The van der Waals surface area contributed by atoms with Gasteiger partial charge in [0.2, 0.25) is 0 Å². The Morgan fingerprint density at radius 2 is 1.76 bits per heavy atom. The zero-order chi connectivity index (χ0) is 13.0. The smallest absolute Gasteiger partial charge is 0.0243 e. The van der Waals surface area contributed by atoms with Crippen molar-refractivity contribution in [3.05, 3.63) is 0 Å². The third kappa shape index (κ3) is 4.59. The summed E-state index contributed by atoms with van der Waals surface area (Å²) in [5, 5.41) is 3.61. The molecule has 1 heterocycles. The third-order valence-electron chi connectivity index (χ3n) is 4.17. The molecule has 0 bridgehead atoms. The number of hydrogen-bond donors (Lipinski definition) is 1. The average Bonchev–Trinajstić information content (AvgIpc) is 2.66. The van der Waals surface area contributed by atoms with Gasteiger partial charge in [0.15, 0.2) is 0 Å². The standard InChI is InChI=1S/C15H32N2/c1-11(2)14-7-8-17(10-14)15(12(3)4)9-16-13(5)6/h11-16H,7-10H2,1-6H3. The fourth-order valence-electron chi connectivity index (χ4n) is 2.80. The molecule has 2 atom stereocenters. The van der Waals surface area contributed by atoms with Crippen molar-refractivity contribution in [2.75, 3.05) is 19.6 Å². The monoisotopic (exact) mass is 240 g/mol. The predicted molar refractivity (Wildman–Crippen MR) is 76.3 cm³/mol. The van der Waals surface area contributed by atoms with Crippen molar-refractivity contribution in [1.29, 1.82) is 0 Å². The second-order valence-corrected chi connectivity index (χ2v) is 6.66. The van der Waals surface area contributed by atoms with E-state index in [4.69, 9.17) is 0 Å². The molecule has 0 aliphatic carbocycles. The molecule has 17 heavy (non-hydrogen) atoms. The van der Waals surface area contributed by atoms with E-state index in [2.05, 4.69) is 51.8 Å². The van der Waals surface area contributed by atoms with Crippen molar-refractivity contribution in [2.45, 2.75) is 60.0 Å². The molecule has 102 valence electrons. The summed E-state index contributed by atoms with van der Waals surface area (Å²) in [7, 11) is 0. The molecule has 0 aromatic rings. The number of hydrogen-bond acceptors (Lipinski definition) is 2. The topological polar surface area (TPSA) is 15.3 Å². The molecule has 0 amide bonds. The highest BCUT2D eigenvalue weighted by molar-refractivity contribution is 4.85. The van der Waals surface area contributed by atoms with Crippen molar-refractivity contribution in [3.8, 4) is 0 Å². The van der Waals surface area contributed by atoms with Crippen LogP contribution in [0.15, 0.2) is 0 Å². The van der Waals surface area contributed by atoms with Crippen LogP contribution in [0, 0.1) is 17.8 Å². The van der Waals surface area contributed by atoms with Crippen molar-refractivity contribution in [2.24, 2.45) is 17.8 Å². The van der Waals surface area contributed by atoms with Crippen LogP contribution in [-0.4, -0.2) is 36.6 Å². The molecule has 0 spiro atoms. The van der Waals surface area contributed by atoms with Crippen LogP contribution in [0.5, 0.6) is 0 Å². The second kappa shape index (κ2) is 6.75. The van der Waals surface area contributed by atoms with Crippen molar-refractivity contribution < 1.29 is 0 Å². The maximum atomic E-state index is 3.61. The Hall–Kier alpha value is -0.0800. The summed E-state index contributed by atoms with van der Waals surface area (Å²) in [6.45, 7) is 17.7. The van der Waals surface area contributed by atoms with Gasteiger partial charge in [-0.15, -0.1) is 0 Å². The van der Waals surface area contributed by atoms with Gasteiger partial charge in [-0.2, -0.15) is 0 Å². The summed E-state index contributed by atoms with van der Waals surface area (Å²) in [4.78, 5) is 2.71. The fourth-order valence-corrected chi connectivity index (χ4v) is 2.80. The molecule has 2 nitrogen and oxygen atoms in total. The van der Waals surface area contributed by atoms with Crippen LogP contribution in [0.3, 0.4) is 0 Å². The minimum Gasteiger partial charge on any atom is -0.313 e. The summed E-state index contributed by atoms with van der Waals surface area (Å²) in [6, 6.07) is 1.31. The van der Waals surface area contributed by atoms with E-state index in [1.165, 1.54) is 19.5 Å². The Balaban J connectivity index is 2.48. The Kier molecular flexibility index (Phi) is 5.94. The first-order chi connectivity index (χ1) is 7.91. The zero-order valence-electron chi connectivity index (χ0n) is 12.7. The molecular weight excluding hydrogens is 208 g/mol. The minimum atomic E-state index is 0.597. The van der Waals surface area contributed by atoms with Gasteiger partial charge in [-0.25, -0.2) is 0 Å². The Morgan fingerprint density at radius 1 is 1.12 bits per heavy atom. The van der Waals surface area contributed by atoms with Gasteiger partial charge < -0.3 is 5.32 Å². The predicted octanol–water partition coefficient (Wildman–Crippen LogP) is 2.99. The lowest BCUT2D eigenvalue weighted by Crippen LogP contribution is -2.46. The third-order valence-corrected chi connectivity index (χ3v) is 4.17. The molecule has 2 heteroatoms. The summed E-state index contributed by atoms with van der Waals surface area (Å²) in [5.74, 6) is 2.49. The summed E-state index contributed by atoms with van der Waals surface area (Å²) in [5.41, 5.74) is 0. The van der Waals surface area contributed by atoms with Gasteiger partial charge in [-0.3, -0.25) is 4.90 Å². The van der Waals surface area contributed by atoms with Crippen molar-refractivity contribution in [3.63, 3.8) is 0 Å². The van der Waals surface area contributed by atoms with E-state index in [0.29, 0.717) is 12.1 Å². The van der Waals surface area contributed by atoms with E-state index in [9.17, 15) is 0 Å². The first kappa shape index (κ1) is 15.0. The lowest BCUT2D eigenvalue weighted by molar-refractivity contribution is 0.173. The molecule has 1 saturated heterocycles. The first-order valence-electron chi connectivity index (χ1n) is 7.39. The Bertz CT molecular complexity index is 211. The van der Waals surface area contributed by atoms with Crippen LogP contribution in [0.2, 0.25) is 0 Å². The average molecular weight is 240 g/mol. The maximum Gasteiger partial charge on any atom is 0.0243 e. The molecule has 1 aliphatic rings. The van der Waals surface area contributed by atoms with E-state index in [0.717, 1.165) is 24.3 Å². The number of nitrogens with one attached hydrogen (secondary N) is 1. The summed E-state index contributed by atoms with van der Waals surface area (Å²) >= 11 is 0. The van der Waals surface area contributed by atoms with E-state index in [-0.39, 0.29) is 0 Å². The lowest BCUT2D eigenvalue weighted by atomic mass is 9.95. The highest BCUT2D eigenvalue weighted by Crippen LogP contribution is 2.26. The second-order valence-electron chi connectivity index (χ2n) is 6.66. The van der Waals surface area contributed by atoms with Gasteiger partial charge in [-0.05, 0) is 30.7 Å². The van der Waals surface area contributed by atoms with Gasteiger partial charge in [0.1, 0.15) is 0 Å². The Morgan fingerprint density at radius 3 is 2.18 bits per heavy atom. The molecule has 0 radical (unpaired) electrons. The van der Waals surface area contributed by atoms with E-state index < -0.39 is 0 Å². The van der Waals surface area contributed by atoms with Gasteiger partial charge in [0.25, 0.3) is 0 Å². The highest BCUT2D eigenvalue weighted by atomic mass is 15.2. The number of rotatable bonds is 6. The van der Waals surface area contributed by atoms with E-state index >= 15 is 0 Å². The number of likely N-dealkylation sites (tertiary alicyclic amines) is 1. The molecule has 0 saturated carbocycles. The van der Waals surface area contributed by atoms with Gasteiger partial charge in [0.05, 0.1) is 0 Å². The lowest BCUT2D eigenvalue weighted by Gasteiger charge is -2.32. The molecule has 1 rings (SSSR count). The number of nitrogens with zero attached hydrogens (tertiary/aromatic N) is 1. The van der Waals surface area contributed by atoms with Crippen molar-refractivity contribution >= 4 is 0 Å². The minimum absolute atomic E-state index is 0.597. The van der Waals surface area contributed by atoms with Gasteiger partial charge >= 0.3 is 0 Å². The molecule has 1 aliphatic heterocycles. The van der Waals surface area contributed by atoms with Crippen LogP contribution >= 0.6 is 0 Å². The molecule has 0 aromatic carbocycles. The van der Waals surface area contributed by atoms with Crippen LogP contribution < -0.4 is 5.32 Å². The normalized spacial score (nSPS) is 24.2. The van der Waals surface area contributed by atoms with Crippen molar-refractivity contribution in [1.82, 2.24) is 10.2 Å². The first-order valence-corrected chi connectivity index (χ1v) is 7.39. The quantitative estimate of drug-likeness (QED) is 0.768. The van der Waals surface area contributed by atoms with Gasteiger partial charge in [0, 0.05) is 25.2 Å². The highest BCUT2D eigenvalue weighted by Gasteiger charge is 2.30. The van der Waals surface area contributed by atoms with Crippen LogP contribution in [0.4, 0.5) is 0 Å². The fraction of sp³-hybridized carbons (Fsp3) is 1.00. The summed E-state index contributed by atoms with van der Waals surface area (Å²) < 4.78 is 0. The zero-order valence-corrected chi connectivity index (χ0v) is 12.7. The largest absolute Gasteiger partial charge is 0.313 e. The molecule has 2 unspecified atom stereocenters. The molecule has 1 N–H and O–H groups in total. The molecular formula is C15H32N2. The van der Waals surface area contributed by atoms with E-state index in [1.54, 1.807) is 0 Å². The molecule has 1 fully saturated rings. The maximum absolute atomic E-state index is 3.61. The van der Waals surface area contributed by atoms with Gasteiger partial charge in [-0.1, -0.05) is 41.5 Å². The van der Waals surface area contributed by atoms with Crippen LogP contribution in [0.25, 0.3) is 0 Å². The summed E-state index contributed by atoms with van der Waals surface area (Å²) in [6.07, 6.45) is 1.39. The Labute approximate surface area is 108 Å². The van der Waals surface area contributed by atoms with Crippen LogP contribution in [-0.2, 0) is 0 Å². The van der Waals surface area contributed by atoms with E-state index in [1.807, 2.05) is 0 Å². The van der Waals surface area contributed by atoms with Crippen LogP contribution in [0.1, 0.15) is 48.0 Å².